The van der Waals surface area contributed by atoms with Crippen LogP contribution in [0.5, 0.6) is 0 Å². The van der Waals surface area contributed by atoms with Gasteiger partial charge in [-0.1, -0.05) is 0 Å². The molecule has 24 heavy (non-hydrogen) atoms. The van der Waals surface area contributed by atoms with Crippen molar-refractivity contribution >= 4 is 28.5 Å². The lowest BCUT2D eigenvalue weighted by atomic mass is 10.2. The Morgan fingerprint density at radius 3 is 2.96 bits per heavy atom. The number of hydrogen-bond donors (Lipinski definition) is 1. The van der Waals surface area contributed by atoms with Crippen LogP contribution >= 0.6 is 11.3 Å². The lowest BCUT2D eigenvalue weighted by molar-refractivity contribution is -0.111. The van der Waals surface area contributed by atoms with Crippen LogP contribution in [0.3, 0.4) is 0 Å². The Hall–Kier alpha value is -1.96. The summed E-state index contributed by atoms with van der Waals surface area (Å²) in [5, 5.41) is 5.36. The number of nitrogens with one attached hydrogen (secondary N) is 1. The highest BCUT2D eigenvalue weighted by Gasteiger charge is 2.22. The molecule has 0 unspecified atom stereocenters. The van der Waals surface area contributed by atoms with Gasteiger partial charge in [0.15, 0.2) is 5.13 Å². The van der Waals surface area contributed by atoms with Gasteiger partial charge in [-0.15, -0.1) is 11.3 Å². The van der Waals surface area contributed by atoms with E-state index in [0.717, 1.165) is 25.3 Å². The zero-order valence-corrected chi connectivity index (χ0v) is 14.6. The fourth-order valence-electron chi connectivity index (χ4n) is 2.77. The Morgan fingerprint density at radius 1 is 1.46 bits per heavy atom. The van der Waals surface area contributed by atoms with Gasteiger partial charge in [0, 0.05) is 31.1 Å². The number of hydrogen-bond acceptors (Lipinski definition) is 6. The Kier molecular flexibility index (Phi) is 5.44. The molecule has 1 saturated heterocycles. The number of rotatable bonds is 5. The topological polar surface area (TPSA) is 67.6 Å². The Morgan fingerprint density at radius 2 is 2.25 bits per heavy atom. The van der Waals surface area contributed by atoms with Gasteiger partial charge >= 0.3 is 0 Å². The predicted molar refractivity (Wildman–Crippen MR) is 93.8 cm³/mol. The van der Waals surface area contributed by atoms with Gasteiger partial charge in [-0.05, 0) is 32.1 Å². The van der Waals surface area contributed by atoms with E-state index >= 15 is 0 Å². The van der Waals surface area contributed by atoms with Crippen LogP contribution in [0.2, 0.25) is 0 Å². The third-order valence-corrected chi connectivity index (χ3v) is 4.41. The van der Waals surface area contributed by atoms with E-state index in [0.29, 0.717) is 10.9 Å². The van der Waals surface area contributed by atoms with Gasteiger partial charge in [0.05, 0.1) is 24.2 Å². The number of carbonyl (C=O) groups excluding carboxylic acids is 1. The summed E-state index contributed by atoms with van der Waals surface area (Å²) in [6.07, 6.45) is 5.10. The lowest BCUT2D eigenvalue weighted by Crippen LogP contribution is -2.44. The summed E-state index contributed by atoms with van der Waals surface area (Å²) in [4.78, 5) is 18.7. The second kappa shape index (κ2) is 7.74. The van der Waals surface area contributed by atoms with E-state index in [9.17, 15) is 4.79 Å². The third kappa shape index (κ3) is 4.77. The Balaban J connectivity index is 1.52. The van der Waals surface area contributed by atoms with Crippen molar-refractivity contribution in [2.45, 2.75) is 32.6 Å². The minimum Gasteiger partial charge on any atom is -0.465 e. The average molecular weight is 347 g/mol. The summed E-state index contributed by atoms with van der Waals surface area (Å²) in [5.74, 6) is 0.418. The van der Waals surface area contributed by atoms with Crippen LogP contribution in [-0.2, 0) is 16.1 Å². The number of nitrogens with zero attached hydrogens (tertiary/aromatic N) is 2. The number of ether oxygens (including phenoxy) is 1. The van der Waals surface area contributed by atoms with Crippen LogP contribution < -0.4 is 5.32 Å². The molecule has 1 fully saturated rings. The van der Waals surface area contributed by atoms with Crippen LogP contribution in [0.15, 0.2) is 34.3 Å². The normalized spacial score (nSPS) is 22.1. The molecule has 1 amide bonds. The van der Waals surface area contributed by atoms with Crippen molar-refractivity contribution in [2.24, 2.45) is 0 Å². The molecule has 128 valence electrons. The molecular formula is C17H21N3O3S. The molecule has 0 saturated carbocycles. The molecule has 2 aromatic rings. The molecular weight excluding hydrogens is 326 g/mol. The van der Waals surface area contributed by atoms with Gasteiger partial charge in [0.2, 0.25) is 5.91 Å². The van der Waals surface area contributed by atoms with Crippen LogP contribution in [0.4, 0.5) is 5.13 Å². The second-order valence-corrected chi connectivity index (χ2v) is 6.79. The van der Waals surface area contributed by atoms with Gasteiger partial charge in [0.1, 0.15) is 5.76 Å². The smallest absolute Gasteiger partial charge is 0.250 e. The van der Waals surface area contributed by atoms with Gasteiger partial charge in [0.25, 0.3) is 0 Å². The van der Waals surface area contributed by atoms with Crippen molar-refractivity contribution < 1.29 is 13.9 Å². The summed E-state index contributed by atoms with van der Waals surface area (Å²) in [5.41, 5.74) is 0.964. The maximum absolute atomic E-state index is 11.9. The van der Waals surface area contributed by atoms with Crippen LogP contribution in [0.25, 0.3) is 6.08 Å². The quantitative estimate of drug-likeness (QED) is 0.842. The fourth-order valence-corrected chi connectivity index (χ4v) is 3.47. The lowest BCUT2D eigenvalue weighted by Gasteiger charge is -2.34. The third-order valence-electron chi connectivity index (χ3n) is 3.60. The van der Waals surface area contributed by atoms with Gasteiger partial charge in [-0.2, -0.15) is 0 Å². The summed E-state index contributed by atoms with van der Waals surface area (Å²) in [6, 6.07) is 3.56. The van der Waals surface area contributed by atoms with E-state index < -0.39 is 0 Å². The van der Waals surface area contributed by atoms with E-state index in [4.69, 9.17) is 9.15 Å². The average Bonchev–Trinajstić information content (AvgIpc) is 3.16. The monoisotopic (exact) mass is 347 g/mol. The number of carbonyl (C=O) groups is 1. The molecule has 0 bridgehead atoms. The Labute approximate surface area is 145 Å². The fraction of sp³-hybridized carbons (Fsp3) is 0.412. The molecule has 0 aromatic carbocycles. The first-order valence-corrected chi connectivity index (χ1v) is 8.81. The van der Waals surface area contributed by atoms with Crippen molar-refractivity contribution in [3.63, 3.8) is 0 Å². The zero-order chi connectivity index (χ0) is 16.9. The first kappa shape index (κ1) is 16.9. The maximum Gasteiger partial charge on any atom is 0.250 e. The highest BCUT2D eigenvalue weighted by molar-refractivity contribution is 7.13. The molecule has 7 heteroatoms. The molecule has 3 heterocycles. The van der Waals surface area contributed by atoms with Gasteiger partial charge < -0.3 is 9.15 Å². The van der Waals surface area contributed by atoms with Crippen LogP contribution in [-0.4, -0.2) is 41.1 Å². The van der Waals surface area contributed by atoms with Crippen molar-refractivity contribution in [2.75, 3.05) is 18.4 Å². The first-order valence-electron chi connectivity index (χ1n) is 7.93. The maximum atomic E-state index is 11.9. The molecule has 1 aliphatic rings. The number of aromatic nitrogens is 1. The molecule has 0 spiro atoms. The van der Waals surface area contributed by atoms with E-state index in [1.807, 2.05) is 5.38 Å². The van der Waals surface area contributed by atoms with Crippen molar-refractivity contribution in [3.05, 3.63) is 41.3 Å². The predicted octanol–water partition coefficient (Wildman–Crippen LogP) is 3.00. The van der Waals surface area contributed by atoms with E-state index in [1.165, 1.54) is 17.4 Å². The van der Waals surface area contributed by atoms with Crippen LogP contribution in [0, 0.1) is 0 Å². The number of amides is 1. The standard InChI is InChI=1S/C17H21N3O3S/c1-12-8-20(9-13(2)23-12)10-14-11-24-17(18-14)19-16(21)6-5-15-4-3-7-22-15/h3-7,11-13H,8-10H2,1-2H3,(H,18,19,21)/b6-5+/t12-,13-/m1/s1. The molecule has 2 aromatic heterocycles. The van der Waals surface area contributed by atoms with Crippen LogP contribution in [0.1, 0.15) is 25.3 Å². The highest BCUT2D eigenvalue weighted by atomic mass is 32.1. The van der Waals surface area contributed by atoms with Crippen molar-refractivity contribution in [1.29, 1.82) is 0 Å². The second-order valence-electron chi connectivity index (χ2n) is 5.93. The number of thiazole rings is 1. The summed E-state index contributed by atoms with van der Waals surface area (Å²) in [7, 11) is 0. The Bertz CT molecular complexity index is 686. The van der Waals surface area contributed by atoms with Gasteiger partial charge in [-0.3, -0.25) is 15.0 Å². The molecule has 2 atom stereocenters. The van der Waals surface area contributed by atoms with Crippen molar-refractivity contribution in [3.8, 4) is 0 Å². The summed E-state index contributed by atoms with van der Waals surface area (Å²) in [6.45, 7) is 6.74. The highest BCUT2D eigenvalue weighted by Crippen LogP contribution is 2.19. The summed E-state index contributed by atoms with van der Waals surface area (Å²) < 4.78 is 10.9. The van der Waals surface area contributed by atoms with E-state index in [2.05, 4.69) is 29.0 Å². The SMILES string of the molecule is C[C@@H]1CN(Cc2csc(NC(=O)/C=C/c3ccco3)n2)C[C@@H](C)O1. The minimum atomic E-state index is -0.221. The van der Waals surface area contributed by atoms with E-state index in [-0.39, 0.29) is 18.1 Å². The van der Waals surface area contributed by atoms with Crippen molar-refractivity contribution in [1.82, 2.24) is 9.88 Å². The first-order chi connectivity index (χ1) is 11.6. The summed E-state index contributed by atoms with van der Waals surface area (Å²) >= 11 is 1.43. The molecule has 0 aliphatic carbocycles. The molecule has 1 N–H and O–H groups in total. The number of morpholine rings is 1. The molecule has 6 nitrogen and oxygen atoms in total. The number of anilines is 1. The van der Waals surface area contributed by atoms with E-state index in [1.54, 1.807) is 24.5 Å². The largest absolute Gasteiger partial charge is 0.465 e. The minimum absolute atomic E-state index is 0.221. The molecule has 0 radical (unpaired) electrons. The van der Waals surface area contributed by atoms with Gasteiger partial charge in [-0.25, -0.2) is 4.98 Å². The zero-order valence-electron chi connectivity index (χ0n) is 13.8. The number of furan rings is 1. The molecule has 1 aliphatic heterocycles. The molecule has 3 rings (SSSR count).